The largest absolute Gasteiger partial charge is 0.388 e. The highest BCUT2D eigenvalue weighted by Gasteiger charge is 2.45. The topological polar surface area (TPSA) is 55.8 Å². The lowest BCUT2D eigenvalue weighted by molar-refractivity contribution is -0.119. The quantitative estimate of drug-likeness (QED) is 0.585. The van der Waals surface area contributed by atoms with Gasteiger partial charge >= 0.3 is 0 Å². The third kappa shape index (κ3) is 4.02. The predicted octanol–water partition coefficient (Wildman–Crippen LogP) is 4.08. The van der Waals surface area contributed by atoms with E-state index in [0.29, 0.717) is 3.57 Å². The van der Waals surface area contributed by atoms with Gasteiger partial charge in [-0.05, 0) is 65.8 Å². The number of rotatable bonds is 4. The van der Waals surface area contributed by atoms with Crippen LogP contribution in [-0.4, -0.2) is 52.7 Å². The molecule has 0 saturated carbocycles. The average molecular weight is 531 g/mol. The van der Waals surface area contributed by atoms with Crippen molar-refractivity contribution in [3.05, 3.63) is 56.9 Å². The second kappa shape index (κ2) is 8.72. The number of nitrogens with zero attached hydrogens (tertiary/aromatic N) is 2. The third-order valence-corrected chi connectivity index (χ3v) is 6.26. The van der Waals surface area contributed by atoms with E-state index >= 15 is 0 Å². The molecule has 2 aliphatic heterocycles. The summed E-state index contributed by atoms with van der Waals surface area (Å²) >= 11 is 1.94. The van der Waals surface area contributed by atoms with Gasteiger partial charge < -0.3 is 15.3 Å². The van der Waals surface area contributed by atoms with Gasteiger partial charge in [-0.2, -0.15) is 0 Å². The standard InChI is InChI=1S/C21H21F3IN3O2/c22-14-6-5-13(19(18(14)24)26-16-7-4-12(25)10-15(16)23)21(30)28-11-17(29)20(28)27-8-2-1-3-9-27/h4-7,10,17,20,26,29H,1-3,8-9,11H2/t17?,20-/m0/s1. The number of aliphatic hydroxyl groups excluding tert-OH is 1. The Bertz CT molecular complexity index is 969. The van der Waals surface area contributed by atoms with Crippen LogP contribution in [0.25, 0.3) is 0 Å². The van der Waals surface area contributed by atoms with E-state index in [1.807, 2.05) is 27.5 Å². The van der Waals surface area contributed by atoms with Gasteiger partial charge in [0.05, 0.1) is 23.5 Å². The van der Waals surface area contributed by atoms with Crippen molar-refractivity contribution in [2.45, 2.75) is 31.5 Å². The van der Waals surface area contributed by atoms with E-state index in [-0.39, 0.29) is 17.8 Å². The molecule has 30 heavy (non-hydrogen) atoms. The number of carbonyl (C=O) groups is 1. The Morgan fingerprint density at radius 1 is 1.07 bits per heavy atom. The molecule has 2 fully saturated rings. The number of likely N-dealkylation sites (tertiary alicyclic amines) is 2. The molecule has 1 unspecified atom stereocenters. The van der Waals surface area contributed by atoms with Crippen LogP contribution in [0.15, 0.2) is 30.3 Å². The molecule has 2 atom stereocenters. The van der Waals surface area contributed by atoms with Gasteiger partial charge in [0.15, 0.2) is 11.6 Å². The summed E-state index contributed by atoms with van der Waals surface area (Å²) in [6.45, 7) is 1.64. The van der Waals surface area contributed by atoms with Crippen molar-refractivity contribution in [3.63, 3.8) is 0 Å². The summed E-state index contributed by atoms with van der Waals surface area (Å²) in [5, 5.41) is 12.8. The summed E-state index contributed by atoms with van der Waals surface area (Å²) < 4.78 is 43.5. The number of benzene rings is 2. The molecule has 160 valence electrons. The van der Waals surface area contributed by atoms with Gasteiger partial charge in [0.2, 0.25) is 0 Å². The highest BCUT2D eigenvalue weighted by molar-refractivity contribution is 14.1. The molecule has 2 heterocycles. The summed E-state index contributed by atoms with van der Waals surface area (Å²) in [5.41, 5.74) is -0.593. The highest BCUT2D eigenvalue weighted by Crippen LogP contribution is 2.33. The monoisotopic (exact) mass is 531 g/mol. The highest BCUT2D eigenvalue weighted by atomic mass is 127. The molecule has 0 spiro atoms. The molecule has 4 rings (SSSR count). The van der Waals surface area contributed by atoms with E-state index in [2.05, 4.69) is 5.32 Å². The maximum atomic E-state index is 14.6. The van der Waals surface area contributed by atoms with Gasteiger partial charge in [0.25, 0.3) is 5.91 Å². The zero-order chi connectivity index (χ0) is 21.4. The van der Waals surface area contributed by atoms with E-state index in [1.54, 1.807) is 6.07 Å². The summed E-state index contributed by atoms with van der Waals surface area (Å²) in [6, 6.07) is 6.33. The Hall–Kier alpha value is -1.85. The normalized spacial score (nSPS) is 22.0. The number of amides is 1. The van der Waals surface area contributed by atoms with Gasteiger partial charge in [-0.15, -0.1) is 0 Å². The van der Waals surface area contributed by atoms with Crippen molar-refractivity contribution in [1.82, 2.24) is 9.80 Å². The van der Waals surface area contributed by atoms with Crippen LogP contribution in [0, 0.1) is 21.0 Å². The molecule has 9 heteroatoms. The van der Waals surface area contributed by atoms with Gasteiger partial charge in [-0.25, -0.2) is 13.2 Å². The maximum Gasteiger partial charge on any atom is 0.257 e. The lowest BCUT2D eigenvalue weighted by atomic mass is 9.99. The summed E-state index contributed by atoms with van der Waals surface area (Å²) in [4.78, 5) is 16.7. The molecule has 5 nitrogen and oxygen atoms in total. The first-order valence-electron chi connectivity index (χ1n) is 9.80. The molecule has 0 bridgehead atoms. The molecular weight excluding hydrogens is 510 g/mol. The van der Waals surface area contributed by atoms with E-state index in [1.165, 1.54) is 23.1 Å². The third-order valence-electron chi connectivity index (χ3n) is 5.59. The summed E-state index contributed by atoms with van der Waals surface area (Å²) in [5.74, 6) is -3.58. The van der Waals surface area contributed by atoms with Crippen molar-refractivity contribution in [2.75, 3.05) is 25.0 Å². The minimum Gasteiger partial charge on any atom is -0.388 e. The Morgan fingerprint density at radius 3 is 2.47 bits per heavy atom. The molecule has 0 aromatic heterocycles. The summed E-state index contributed by atoms with van der Waals surface area (Å²) in [6.07, 6.45) is 1.88. The predicted molar refractivity (Wildman–Crippen MR) is 115 cm³/mol. The van der Waals surface area contributed by atoms with Crippen LogP contribution in [-0.2, 0) is 0 Å². The van der Waals surface area contributed by atoms with E-state index in [9.17, 15) is 23.1 Å². The fraction of sp³-hybridized carbons (Fsp3) is 0.381. The maximum absolute atomic E-state index is 14.6. The van der Waals surface area contributed by atoms with Gasteiger partial charge in [0, 0.05) is 16.7 Å². The number of halogens is 4. The zero-order valence-corrected chi connectivity index (χ0v) is 18.2. The van der Waals surface area contributed by atoms with Crippen molar-refractivity contribution >= 4 is 39.9 Å². The minimum absolute atomic E-state index is 0.0646. The number of nitrogens with one attached hydrogen (secondary N) is 1. The number of piperidine rings is 1. The van der Waals surface area contributed by atoms with Crippen molar-refractivity contribution in [1.29, 1.82) is 0 Å². The number of anilines is 2. The Kier molecular flexibility index (Phi) is 6.21. The summed E-state index contributed by atoms with van der Waals surface area (Å²) in [7, 11) is 0. The second-order valence-electron chi connectivity index (χ2n) is 7.57. The minimum atomic E-state index is -1.26. The first-order valence-corrected chi connectivity index (χ1v) is 10.9. The molecule has 2 aromatic carbocycles. The molecule has 1 amide bonds. The second-order valence-corrected chi connectivity index (χ2v) is 8.81. The van der Waals surface area contributed by atoms with Gasteiger partial charge in [0.1, 0.15) is 18.1 Å². The Morgan fingerprint density at radius 2 is 1.80 bits per heavy atom. The van der Waals surface area contributed by atoms with Crippen molar-refractivity contribution in [2.24, 2.45) is 0 Å². The molecule has 0 aliphatic carbocycles. The number of aliphatic hydroxyl groups is 1. The molecule has 2 aliphatic rings. The van der Waals surface area contributed by atoms with Gasteiger partial charge in [-0.1, -0.05) is 6.42 Å². The lowest BCUT2D eigenvalue weighted by Gasteiger charge is -2.51. The van der Waals surface area contributed by atoms with Crippen LogP contribution in [0.5, 0.6) is 0 Å². The van der Waals surface area contributed by atoms with Gasteiger partial charge in [-0.3, -0.25) is 9.69 Å². The first-order chi connectivity index (χ1) is 14.4. The van der Waals surface area contributed by atoms with Crippen LogP contribution in [0.4, 0.5) is 24.5 Å². The lowest BCUT2D eigenvalue weighted by Crippen LogP contribution is -2.69. The van der Waals surface area contributed by atoms with E-state index in [0.717, 1.165) is 38.4 Å². The van der Waals surface area contributed by atoms with Crippen LogP contribution >= 0.6 is 22.6 Å². The first kappa shape index (κ1) is 21.4. The average Bonchev–Trinajstić information content (AvgIpc) is 2.71. The number of carbonyl (C=O) groups excluding carboxylic acids is 1. The SMILES string of the molecule is O=C(c1ccc(F)c(F)c1Nc1ccc(I)cc1F)N1CC(O)[C@H]1N1CCCCC1. The molecule has 0 radical (unpaired) electrons. The van der Waals surface area contributed by atoms with Crippen LogP contribution < -0.4 is 5.32 Å². The fourth-order valence-corrected chi connectivity index (χ4v) is 4.48. The zero-order valence-electron chi connectivity index (χ0n) is 16.0. The number of β-amino-alcohol motifs (C(OH)–C–C–N with tert-alkyl or cyclic N) is 1. The molecule has 2 saturated heterocycles. The van der Waals surface area contributed by atoms with Crippen LogP contribution in [0.1, 0.15) is 29.6 Å². The number of hydrogen-bond donors (Lipinski definition) is 2. The van der Waals surface area contributed by atoms with E-state index in [4.69, 9.17) is 0 Å². The van der Waals surface area contributed by atoms with Crippen molar-refractivity contribution < 1.29 is 23.1 Å². The smallest absolute Gasteiger partial charge is 0.257 e. The van der Waals surface area contributed by atoms with E-state index < -0.39 is 41.3 Å². The Balaban J connectivity index is 1.65. The Labute approximate surface area is 186 Å². The van der Waals surface area contributed by atoms with Crippen LogP contribution in [0.2, 0.25) is 0 Å². The molecular formula is C21H21F3IN3O2. The fourth-order valence-electron chi connectivity index (χ4n) is 4.03. The van der Waals surface area contributed by atoms with Crippen LogP contribution in [0.3, 0.4) is 0 Å². The molecule has 2 aromatic rings. The molecule has 2 N–H and O–H groups in total. The van der Waals surface area contributed by atoms with Crippen molar-refractivity contribution in [3.8, 4) is 0 Å². The number of hydrogen-bond acceptors (Lipinski definition) is 4.